The van der Waals surface area contributed by atoms with Gasteiger partial charge in [0.25, 0.3) is 5.91 Å². The molecule has 0 bridgehead atoms. The number of para-hydroxylation sites is 2. The van der Waals surface area contributed by atoms with Crippen LogP contribution in [0.3, 0.4) is 0 Å². The predicted molar refractivity (Wildman–Crippen MR) is 138 cm³/mol. The molecule has 11 heteroatoms. The van der Waals surface area contributed by atoms with Gasteiger partial charge >= 0.3 is 0 Å². The van der Waals surface area contributed by atoms with Gasteiger partial charge in [-0.25, -0.2) is 4.39 Å². The normalized spacial score (nSPS) is 10.6. The van der Waals surface area contributed by atoms with Crippen molar-refractivity contribution in [2.24, 2.45) is 0 Å². The fraction of sp³-hybridized carbons (Fsp3) is 0.154. The lowest BCUT2D eigenvalue weighted by Crippen LogP contribution is -2.24. The number of aromatic nitrogens is 3. The van der Waals surface area contributed by atoms with E-state index >= 15 is 0 Å². The molecular weight excluding hydrogens is 497 g/mol. The van der Waals surface area contributed by atoms with Gasteiger partial charge in [-0.05, 0) is 54.6 Å². The van der Waals surface area contributed by atoms with Crippen LogP contribution in [0.1, 0.15) is 16.2 Å². The molecular formula is C26H24FN5O4S. The fourth-order valence-corrected chi connectivity index (χ4v) is 4.21. The maximum atomic E-state index is 13.1. The van der Waals surface area contributed by atoms with Crippen LogP contribution in [0, 0.1) is 5.82 Å². The number of carbonyl (C=O) groups is 2. The molecule has 1 heterocycles. The Labute approximate surface area is 217 Å². The third-order valence-electron chi connectivity index (χ3n) is 5.23. The van der Waals surface area contributed by atoms with Crippen LogP contribution in [0.25, 0.3) is 5.69 Å². The molecule has 4 aromatic rings. The van der Waals surface area contributed by atoms with E-state index in [2.05, 4.69) is 20.8 Å². The Bertz CT molecular complexity index is 1390. The number of hydrogen-bond acceptors (Lipinski definition) is 7. The molecule has 4 rings (SSSR count). The third kappa shape index (κ3) is 6.44. The van der Waals surface area contributed by atoms with Crippen molar-refractivity contribution in [2.75, 3.05) is 25.3 Å². The van der Waals surface area contributed by atoms with Gasteiger partial charge in [-0.3, -0.25) is 14.2 Å². The first-order valence-corrected chi connectivity index (χ1v) is 12.1. The second-order valence-electron chi connectivity index (χ2n) is 7.66. The summed E-state index contributed by atoms with van der Waals surface area (Å²) in [6.07, 6.45) is 0. The number of ether oxygens (including phenoxy) is 2. The number of hydrogen-bond donors (Lipinski definition) is 2. The third-order valence-corrected chi connectivity index (χ3v) is 6.15. The Kier molecular flexibility index (Phi) is 8.37. The molecule has 0 fully saturated rings. The molecule has 0 spiro atoms. The van der Waals surface area contributed by atoms with Crippen LogP contribution >= 0.6 is 11.8 Å². The van der Waals surface area contributed by atoms with Gasteiger partial charge in [-0.1, -0.05) is 30.0 Å². The van der Waals surface area contributed by atoms with Gasteiger partial charge in [-0.2, -0.15) is 0 Å². The summed E-state index contributed by atoms with van der Waals surface area (Å²) in [6.45, 7) is 0.0728. The van der Waals surface area contributed by atoms with Crippen molar-refractivity contribution in [2.45, 2.75) is 11.7 Å². The molecule has 0 saturated carbocycles. The topological polar surface area (TPSA) is 107 Å². The van der Waals surface area contributed by atoms with Gasteiger partial charge in [0.2, 0.25) is 5.91 Å². The van der Waals surface area contributed by atoms with Crippen LogP contribution in [0.15, 0.2) is 78.0 Å². The highest BCUT2D eigenvalue weighted by Gasteiger charge is 2.19. The van der Waals surface area contributed by atoms with Crippen molar-refractivity contribution in [3.63, 3.8) is 0 Å². The molecule has 9 nitrogen and oxygen atoms in total. The van der Waals surface area contributed by atoms with Crippen LogP contribution in [-0.2, 0) is 11.3 Å². The second kappa shape index (κ2) is 12.0. The van der Waals surface area contributed by atoms with Crippen LogP contribution in [0.2, 0.25) is 0 Å². The van der Waals surface area contributed by atoms with E-state index in [0.29, 0.717) is 39.4 Å². The van der Waals surface area contributed by atoms with Gasteiger partial charge < -0.3 is 20.1 Å². The quantitative estimate of drug-likeness (QED) is 0.303. The molecule has 0 aliphatic rings. The predicted octanol–water partition coefficient (Wildman–Crippen LogP) is 4.08. The lowest BCUT2D eigenvalue weighted by atomic mass is 10.2. The first-order valence-electron chi connectivity index (χ1n) is 11.2. The number of halogens is 1. The number of nitrogens with one attached hydrogen (secondary N) is 2. The summed E-state index contributed by atoms with van der Waals surface area (Å²) in [5.41, 5.74) is 1.58. The smallest absolute Gasteiger partial charge is 0.251 e. The number of amides is 2. The SMILES string of the molecule is COc1cccc(C(=O)NCc2nnc(SCC(=O)Nc3ccc(F)cc3)n2-c2ccccc2OC)c1. The molecule has 1 aromatic heterocycles. The van der Waals surface area contributed by atoms with E-state index in [4.69, 9.17) is 9.47 Å². The summed E-state index contributed by atoms with van der Waals surface area (Å²) in [7, 11) is 3.09. The number of nitrogens with zero attached hydrogens (tertiary/aromatic N) is 3. The van der Waals surface area contributed by atoms with Crippen molar-refractivity contribution in [1.82, 2.24) is 20.1 Å². The van der Waals surface area contributed by atoms with Gasteiger partial charge in [0.15, 0.2) is 11.0 Å². The van der Waals surface area contributed by atoms with Crippen molar-refractivity contribution in [3.8, 4) is 17.2 Å². The Morgan fingerprint density at radius 1 is 0.973 bits per heavy atom. The van der Waals surface area contributed by atoms with Crippen molar-refractivity contribution in [3.05, 3.63) is 90.0 Å². The monoisotopic (exact) mass is 521 g/mol. The van der Waals surface area contributed by atoms with E-state index in [1.165, 1.54) is 43.1 Å². The summed E-state index contributed by atoms with van der Waals surface area (Å²) >= 11 is 1.17. The lowest BCUT2D eigenvalue weighted by Gasteiger charge is -2.14. The number of thioether (sulfide) groups is 1. The summed E-state index contributed by atoms with van der Waals surface area (Å²) in [4.78, 5) is 25.2. The van der Waals surface area contributed by atoms with Gasteiger partial charge in [0.05, 0.1) is 32.2 Å². The summed E-state index contributed by atoms with van der Waals surface area (Å²) in [5, 5.41) is 14.5. The van der Waals surface area contributed by atoms with Crippen LogP contribution in [0.4, 0.5) is 10.1 Å². The summed E-state index contributed by atoms with van der Waals surface area (Å²) in [6, 6.07) is 19.6. The number of benzene rings is 3. The van der Waals surface area contributed by atoms with Crippen LogP contribution in [0.5, 0.6) is 11.5 Å². The zero-order valence-electron chi connectivity index (χ0n) is 20.1. The van der Waals surface area contributed by atoms with Crippen molar-refractivity contribution < 1.29 is 23.5 Å². The molecule has 3 aromatic carbocycles. The lowest BCUT2D eigenvalue weighted by molar-refractivity contribution is -0.113. The molecule has 37 heavy (non-hydrogen) atoms. The number of anilines is 1. The summed E-state index contributed by atoms with van der Waals surface area (Å²) in [5.74, 6) is 0.634. The largest absolute Gasteiger partial charge is 0.497 e. The first-order chi connectivity index (χ1) is 18.0. The Balaban J connectivity index is 1.53. The van der Waals surface area contributed by atoms with Crippen molar-refractivity contribution in [1.29, 1.82) is 0 Å². The number of rotatable bonds is 10. The number of carbonyl (C=O) groups excluding carboxylic acids is 2. The zero-order valence-corrected chi connectivity index (χ0v) is 20.9. The highest BCUT2D eigenvalue weighted by atomic mass is 32.2. The van der Waals surface area contributed by atoms with Gasteiger partial charge in [0.1, 0.15) is 17.3 Å². The fourth-order valence-electron chi connectivity index (χ4n) is 3.45. The molecule has 190 valence electrons. The maximum absolute atomic E-state index is 13.1. The number of methoxy groups -OCH3 is 2. The molecule has 2 N–H and O–H groups in total. The first kappa shape index (κ1) is 25.7. The minimum atomic E-state index is -0.386. The minimum Gasteiger partial charge on any atom is -0.497 e. The van der Waals surface area contributed by atoms with Gasteiger partial charge in [0, 0.05) is 11.3 Å². The van der Waals surface area contributed by atoms with E-state index in [1.807, 2.05) is 18.2 Å². The Morgan fingerprint density at radius 2 is 1.76 bits per heavy atom. The molecule has 0 unspecified atom stereocenters. The molecule has 0 atom stereocenters. The molecule has 2 amide bonds. The highest BCUT2D eigenvalue weighted by Crippen LogP contribution is 2.29. The average Bonchev–Trinajstić information content (AvgIpc) is 3.34. The maximum Gasteiger partial charge on any atom is 0.251 e. The van der Waals surface area contributed by atoms with E-state index < -0.39 is 0 Å². The average molecular weight is 522 g/mol. The molecule has 0 saturated heterocycles. The highest BCUT2D eigenvalue weighted by molar-refractivity contribution is 7.99. The van der Waals surface area contributed by atoms with Crippen molar-refractivity contribution >= 4 is 29.3 Å². The molecule has 0 aliphatic heterocycles. The van der Waals surface area contributed by atoms with E-state index in [-0.39, 0.29) is 29.9 Å². The minimum absolute atomic E-state index is 0.0286. The molecule has 0 radical (unpaired) electrons. The van der Waals surface area contributed by atoms with Gasteiger partial charge in [-0.15, -0.1) is 10.2 Å². The van der Waals surface area contributed by atoms with Crippen LogP contribution in [-0.4, -0.2) is 46.6 Å². The Morgan fingerprint density at radius 3 is 2.51 bits per heavy atom. The zero-order chi connectivity index (χ0) is 26.2. The van der Waals surface area contributed by atoms with E-state index in [0.717, 1.165) is 0 Å². The van der Waals surface area contributed by atoms with E-state index in [9.17, 15) is 14.0 Å². The Hall–Kier alpha value is -4.38. The van der Waals surface area contributed by atoms with Crippen LogP contribution < -0.4 is 20.1 Å². The molecule has 0 aliphatic carbocycles. The summed E-state index contributed by atoms with van der Waals surface area (Å²) < 4.78 is 25.6. The second-order valence-corrected chi connectivity index (χ2v) is 8.61. The standard InChI is InChI=1S/C26H24FN5O4S/c1-35-20-7-5-6-17(14-20)25(34)28-15-23-30-31-26(32(23)21-8-3-4-9-22(21)36-2)37-16-24(33)29-19-12-10-18(27)11-13-19/h3-14H,15-16H2,1-2H3,(H,28,34)(H,29,33). The van der Waals surface area contributed by atoms with E-state index in [1.54, 1.807) is 42.0 Å².